The zero-order valence-corrected chi connectivity index (χ0v) is 18.8. The van der Waals surface area contributed by atoms with Crippen LogP contribution in [-0.2, 0) is 39.0 Å². The number of carbonyl (C=O) groups is 2. The molecule has 1 saturated heterocycles. The van der Waals surface area contributed by atoms with Crippen LogP contribution in [0.4, 0.5) is 0 Å². The summed E-state index contributed by atoms with van der Waals surface area (Å²) in [7, 11) is -3.38. The van der Waals surface area contributed by atoms with Gasteiger partial charge < -0.3 is 10.2 Å². The molecule has 2 aromatic rings. The van der Waals surface area contributed by atoms with Gasteiger partial charge in [-0.1, -0.05) is 6.07 Å². The summed E-state index contributed by atoms with van der Waals surface area (Å²) < 4.78 is 27.5. The quantitative estimate of drug-likeness (QED) is 0.649. The van der Waals surface area contributed by atoms with E-state index in [4.69, 9.17) is 19.8 Å². The maximum atomic E-state index is 13.0. The van der Waals surface area contributed by atoms with Crippen molar-refractivity contribution in [1.82, 2.24) is 14.2 Å². The first-order valence-electron chi connectivity index (χ1n) is 9.88. The smallest absolute Gasteiger partial charge is 0.414 e. The lowest BCUT2D eigenvalue weighted by atomic mass is 10.1. The molecule has 2 aliphatic rings. The summed E-state index contributed by atoms with van der Waals surface area (Å²) >= 11 is 1.66. The number of carboxylic acid groups (broad SMARTS) is 2. The van der Waals surface area contributed by atoms with E-state index in [1.807, 2.05) is 19.1 Å². The molecular weight excluding hydrogens is 442 g/mol. The third-order valence-electron chi connectivity index (χ3n) is 5.27. The zero-order chi connectivity index (χ0) is 22.6. The summed E-state index contributed by atoms with van der Waals surface area (Å²) in [4.78, 5) is 25.4. The van der Waals surface area contributed by atoms with Crippen molar-refractivity contribution < 1.29 is 28.2 Å². The average molecular weight is 468 g/mol. The Morgan fingerprint density at radius 2 is 1.71 bits per heavy atom. The highest BCUT2D eigenvalue weighted by Gasteiger charge is 2.29. The number of benzene rings is 1. The van der Waals surface area contributed by atoms with Crippen molar-refractivity contribution in [2.45, 2.75) is 37.6 Å². The summed E-state index contributed by atoms with van der Waals surface area (Å²) in [6.45, 7) is 5.40. The summed E-state index contributed by atoms with van der Waals surface area (Å²) in [5.74, 6) is -3.65. The molecule has 9 nitrogen and oxygen atoms in total. The number of hydrogen-bond donors (Lipinski definition) is 2. The first-order chi connectivity index (χ1) is 14.7. The predicted octanol–water partition coefficient (Wildman–Crippen LogP) is 1.60. The molecule has 1 aromatic heterocycles. The van der Waals surface area contributed by atoms with Crippen molar-refractivity contribution in [3.8, 4) is 0 Å². The van der Waals surface area contributed by atoms with E-state index in [0.717, 1.165) is 49.6 Å². The van der Waals surface area contributed by atoms with Crippen molar-refractivity contribution in [3.05, 3.63) is 45.4 Å². The van der Waals surface area contributed by atoms with Crippen molar-refractivity contribution in [3.63, 3.8) is 0 Å². The second-order valence-corrected chi connectivity index (χ2v) is 10.4. The van der Waals surface area contributed by atoms with Gasteiger partial charge in [0.15, 0.2) is 0 Å². The Morgan fingerprint density at radius 1 is 1.06 bits per heavy atom. The van der Waals surface area contributed by atoms with Gasteiger partial charge in [-0.2, -0.15) is 4.31 Å². The molecule has 2 N–H and O–H groups in total. The molecule has 1 fully saturated rings. The van der Waals surface area contributed by atoms with Crippen LogP contribution in [-0.4, -0.2) is 70.9 Å². The molecule has 0 bridgehead atoms. The lowest BCUT2D eigenvalue weighted by molar-refractivity contribution is -0.159. The van der Waals surface area contributed by atoms with Crippen molar-refractivity contribution >= 4 is 33.3 Å². The van der Waals surface area contributed by atoms with E-state index in [-0.39, 0.29) is 0 Å². The van der Waals surface area contributed by atoms with Gasteiger partial charge in [0.25, 0.3) is 0 Å². The molecule has 0 unspecified atom stereocenters. The van der Waals surface area contributed by atoms with E-state index in [1.54, 1.807) is 21.7 Å². The fraction of sp³-hybridized carbons (Fsp3) is 0.450. The molecule has 0 spiro atoms. The number of rotatable bonds is 4. The molecule has 31 heavy (non-hydrogen) atoms. The summed E-state index contributed by atoms with van der Waals surface area (Å²) in [6, 6.07) is 5.67. The molecule has 0 radical (unpaired) electrons. The van der Waals surface area contributed by atoms with Crippen LogP contribution >= 0.6 is 11.3 Å². The van der Waals surface area contributed by atoms with Gasteiger partial charge in [0.2, 0.25) is 10.0 Å². The fourth-order valence-corrected chi connectivity index (χ4v) is 5.77. The van der Waals surface area contributed by atoms with Gasteiger partial charge in [0.05, 0.1) is 15.6 Å². The van der Waals surface area contributed by atoms with Crippen LogP contribution in [0.5, 0.6) is 0 Å². The van der Waals surface area contributed by atoms with Crippen LogP contribution in [0, 0.1) is 6.92 Å². The van der Waals surface area contributed by atoms with Gasteiger partial charge in [0, 0.05) is 38.1 Å². The van der Waals surface area contributed by atoms with E-state index in [0.29, 0.717) is 18.0 Å². The van der Waals surface area contributed by atoms with Crippen molar-refractivity contribution in [2.24, 2.45) is 0 Å². The molecule has 2 heterocycles. The molecule has 0 atom stereocenters. The van der Waals surface area contributed by atoms with Gasteiger partial charge in [-0.15, -0.1) is 11.3 Å². The maximum Gasteiger partial charge on any atom is 0.414 e. The molecule has 11 heteroatoms. The predicted molar refractivity (Wildman–Crippen MR) is 115 cm³/mol. The third-order valence-corrected chi connectivity index (χ3v) is 7.99. The van der Waals surface area contributed by atoms with Crippen molar-refractivity contribution in [1.29, 1.82) is 0 Å². The lowest BCUT2D eigenvalue weighted by Gasteiger charge is -2.33. The topological polar surface area (TPSA) is 128 Å². The van der Waals surface area contributed by atoms with E-state index in [9.17, 15) is 8.42 Å². The monoisotopic (exact) mass is 467 g/mol. The molecular formula is C20H25N3O6S2. The normalized spacial score (nSPS) is 16.9. The second kappa shape index (κ2) is 9.86. The summed E-state index contributed by atoms with van der Waals surface area (Å²) in [6.07, 6.45) is 3.21. The summed E-state index contributed by atoms with van der Waals surface area (Å²) in [5.41, 5.74) is 3.60. The van der Waals surface area contributed by atoms with Crippen LogP contribution in [0.25, 0.3) is 0 Å². The Hall–Kier alpha value is -2.34. The van der Waals surface area contributed by atoms with E-state index >= 15 is 0 Å². The van der Waals surface area contributed by atoms with Crippen LogP contribution in [0.15, 0.2) is 28.5 Å². The fourth-order valence-electron chi connectivity index (χ4n) is 3.70. The first-order valence-corrected chi connectivity index (χ1v) is 12.2. The van der Waals surface area contributed by atoms with Gasteiger partial charge in [-0.25, -0.2) is 23.0 Å². The Kier molecular flexibility index (Phi) is 7.42. The molecule has 0 saturated carbocycles. The van der Waals surface area contributed by atoms with Crippen molar-refractivity contribution in [2.75, 3.05) is 26.2 Å². The van der Waals surface area contributed by atoms with Gasteiger partial charge in [-0.3, -0.25) is 4.90 Å². The molecule has 1 aromatic carbocycles. The number of aromatic nitrogens is 1. The Bertz CT molecular complexity index is 1050. The van der Waals surface area contributed by atoms with Crippen LogP contribution in [0.1, 0.15) is 28.2 Å². The Balaban J connectivity index is 0.000000401. The highest BCUT2D eigenvalue weighted by molar-refractivity contribution is 7.89. The Labute approximate surface area is 185 Å². The highest BCUT2D eigenvalue weighted by Crippen LogP contribution is 2.27. The lowest BCUT2D eigenvalue weighted by Crippen LogP contribution is -2.48. The maximum absolute atomic E-state index is 13.0. The average Bonchev–Trinajstić information content (AvgIpc) is 3.36. The minimum Gasteiger partial charge on any atom is -0.473 e. The molecule has 4 rings (SSSR count). The number of carboxylic acids is 2. The van der Waals surface area contributed by atoms with E-state index < -0.39 is 22.0 Å². The highest BCUT2D eigenvalue weighted by atomic mass is 32.2. The van der Waals surface area contributed by atoms with Crippen LogP contribution in [0.3, 0.4) is 0 Å². The largest absolute Gasteiger partial charge is 0.473 e. The van der Waals surface area contributed by atoms with Gasteiger partial charge >= 0.3 is 11.9 Å². The van der Waals surface area contributed by atoms with E-state index in [1.165, 1.54) is 11.1 Å². The number of thiazole rings is 1. The number of aryl methyl sites for hydroxylation is 3. The number of sulfonamides is 1. The second-order valence-electron chi connectivity index (χ2n) is 7.43. The molecule has 1 aliphatic carbocycles. The van der Waals surface area contributed by atoms with E-state index in [2.05, 4.69) is 15.3 Å². The summed E-state index contributed by atoms with van der Waals surface area (Å²) in [5, 5.41) is 17.9. The minimum absolute atomic E-state index is 0.455. The first kappa shape index (κ1) is 23.3. The van der Waals surface area contributed by atoms with Crippen LogP contribution in [0.2, 0.25) is 0 Å². The standard InChI is InChI=1S/C18H23N3O2S2.C2H2O4/c1-14-19-17(13-24-14)12-20-7-9-21(10-8-20)25(22,23)18-6-5-15-3-2-4-16(15)11-18;3-1(4)2(5)6/h5-6,11,13H,2-4,7-10,12H2,1H3;(H,3,4)(H,5,6). The van der Waals surface area contributed by atoms with Gasteiger partial charge in [-0.05, 0) is 49.4 Å². The molecule has 168 valence electrons. The van der Waals surface area contributed by atoms with Crippen LogP contribution < -0.4 is 0 Å². The minimum atomic E-state index is -3.38. The van der Waals surface area contributed by atoms with Gasteiger partial charge in [0.1, 0.15) is 0 Å². The third kappa shape index (κ3) is 5.88. The number of nitrogens with zero attached hydrogens (tertiary/aromatic N) is 3. The number of hydrogen-bond acceptors (Lipinski definition) is 7. The SMILES string of the molecule is Cc1nc(CN2CCN(S(=O)(=O)c3ccc4c(c3)CCC4)CC2)cs1.O=C(O)C(=O)O. The Morgan fingerprint density at radius 3 is 2.29 bits per heavy atom. The number of aliphatic carboxylic acids is 2. The molecule has 0 amide bonds. The zero-order valence-electron chi connectivity index (χ0n) is 17.2. The number of piperazine rings is 1. The molecule has 1 aliphatic heterocycles. The number of fused-ring (bicyclic) bond motifs is 1.